The van der Waals surface area contributed by atoms with Crippen LogP contribution < -0.4 is 10.6 Å². The van der Waals surface area contributed by atoms with Crippen molar-refractivity contribution in [2.24, 2.45) is 0 Å². The molecule has 1 unspecified atom stereocenters. The van der Waals surface area contributed by atoms with Gasteiger partial charge in [-0.05, 0) is 38.6 Å². The van der Waals surface area contributed by atoms with Crippen LogP contribution in [0.4, 0.5) is 4.79 Å². The number of nitrogens with zero attached hydrogens (tertiary/aromatic N) is 1. The Labute approximate surface area is 114 Å². The van der Waals surface area contributed by atoms with Gasteiger partial charge in [0, 0.05) is 19.2 Å². The van der Waals surface area contributed by atoms with Gasteiger partial charge in [-0.25, -0.2) is 4.79 Å². The molecule has 19 heavy (non-hydrogen) atoms. The van der Waals surface area contributed by atoms with Gasteiger partial charge in [-0.15, -0.1) is 0 Å². The fraction of sp³-hybridized carbons (Fsp3) is 0.846. The zero-order valence-corrected chi connectivity index (χ0v) is 11.7. The molecule has 0 aliphatic carbocycles. The molecule has 0 spiro atoms. The summed E-state index contributed by atoms with van der Waals surface area (Å²) in [5.74, 6) is -0.260. The molecule has 0 aromatic heterocycles. The first-order valence-corrected chi connectivity index (χ1v) is 7.10. The zero-order chi connectivity index (χ0) is 14.1. The number of hydrogen-bond donors (Lipinski definition) is 3. The summed E-state index contributed by atoms with van der Waals surface area (Å²) in [6.07, 6.45) is 4.66. The van der Waals surface area contributed by atoms with Gasteiger partial charge in [-0.3, -0.25) is 15.0 Å². The van der Waals surface area contributed by atoms with Crippen LogP contribution >= 0.6 is 0 Å². The van der Waals surface area contributed by atoms with Gasteiger partial charge in [-0.1, -0.05) is 6.92 Å². The molecule has 0 aromatic carbocycles. The first kappa shape index (κ1) is 15.9. The Morgan fingerprint density at radius 2 is 2.21 bits per heavy atom. The van der Waals surface area contributed by atoms with Gasteiger partial charge in [0.05, 0.1) is 6.54 Å². The maximum absolute atomic E-state index is 11.7. The maximum atomic E-state index is 11.7. The number of carbonyl (C=O) groups excluding carboxylic acids is 2. The average Bonchev–Trinajstić information content (AvgIpc) is 2.81. The largest absolute Gasteiger partial charge is 0.396 e. The summed E-state index contributed by atoms with van der Waals surface area (Å²) < 4.78 is 0. The number of carbonyl (C=O) groups is 2. The van der Waals surface area contributed by atoms with E-state index in [1.165, 1.54) is 0 Å². The van der Waals surface area contributed by atoms with Crippen molar-refractivity contribution in [3.8, 4) is 0 Å². The van der Waals surface area contributed by atoms with E-state index in [1.54, 1.807) is 0 Å². The summed E-state index contributed by atoms with van der Waals surface area (Å²) in [5, 5.41) is 13.8. The van der Waals surface area contributed by atoms with E-state index in [0.29, 0.717) is 12.6 Å². The Balaban J connectivity index is 2.28. The molecule has 3 amide bonds. The molecule has 1 fully saturated rings. The number of hydrogen-bond acceptors (Lipinski definition) is 4. The van der Waals surface area contributed by atoms with Crippen LogP contribution in [0.15, 0.2) is 0 Å². The highest BCUT2D eigenvalue weighted by atomic mass is 16.3. The van der Waals surface area contributed by atoms with E-state index in [-0.39, 0.29) is 19.1 Å². The topological polar surface area (TPSA) is 81.7 Å². The maximum Gasteiger partial charge on any atom is 0.321 e. The fourth-order valence-electron chi connectivity index (χ4n) is 2.39. The molecule has 1 aliphatic heterocycles. The third-order valence-corrected chi connectivity index (χ3v) is 3.33. The lowest BCUT2D eigenvalue weighted by molar-refractivity contribution is -0.121. The molecule has 1 atom stereocenters. The van der Waals surface area contributed by atoms with Crippen LogP contribution in [-0.4, -0.2) is 54.2 Å². The van der Waals surface area contributed by atoms with E-state index in [0.717, 1.165) is 38.6 Å². The van der Waals surface area contributed by atoms with E-state index >= 15 is 0 Å². The van der Waals surface area contributed by atoms with Crippen molar-refractivity contribution in [2.75, 3.05) is 26.2 Å². The number of aliphatic hydroxyl groups excluding tert-OH is 1. The van der Waals surface area contributed by atoms with Crippen molar-refractivity contribution < 1.29 is 14.7 Å². The molecule has 0 saturated carbocycles. The van der Waals surface area contributed by atoms with E-state index < -0.39 is 6.03 Å². The van der Waals surface area contributed by atoms with Gasteiger partial charge in [0.15, 0.2) is 0 Å². The Kier molecular flexibility index (Phi) is 7.43. The minimum absolute atomic E-state index is 0.190. The number of aliphatic hydroxyl groups is 1. The minimum Gasteiger partial charge on any atom is -0.396 e. The van der Waals surface area contributed by atoms with Gasteiger partial charge in [0.2, 0.25) is 5.91 Å². The summed E-state index contributed by atoms with van der Waals surface area (Å²) in [7, 11) is 0. The second kappa shape index (κ2) is 8.87. The molecular formula is C13H25N3O3. The Morgan fingerprint density at radius 3 is 2.89 bits per heavy atom. The number of imide groups is 1. The highest BCUT2D eigenvalue weighted by Crippen LogP contribution is 2.20. The SMILES string of the molecule is CCCNC(=O)NC(=O)CN1CCCC1CCCO. The number of rotatable bonds is 7. The second-order valence-electron chi connectivity index (χ2n) is 4.94. The lowest BCUT2D eigenvalue weighted by Gasteiger charge is -2.23. The third kappa shape index (κ3) is 6.02. The normalized spacial score (nSPS) is 19.4. The monoisotopic (exact) mass is 271 g/mol. The first-order chi connectivity index (χ1) is 9.17. The molecular weight excluding hydrogens is 246 g/mol. The molecule has 3 N–H and O–H groups in total. The number of likely N-dealkylation sites (tertiary alicyclic amines) is 1. The van der Waals surface area contributed by atoms with Crippen molar-refractivity contribution in [2.45, 2.75) is 45.1 Å². The van der Waals surface area contributed by atoms with E-state index in [4.69, 9.17) is 5.11 Å². The number of nitrogens with one attached hydrogen (secondary N) is 2. The molecule has 1 saturated heterocycles. The van der Waals surface area contributed by atoms with Crippen molar-refractivity contribution in [1.82, 2.24) is 15.5 Å². The Morgan fingerprint density at radius 1 is 1.42 bits per heavy atom. The van der Waals surface area contributed by atoms with E-state index in [9.17, 15) is 9.59 Å². The van der Waals surface area contributed by atoms with Gasteiger partial charge in [-0.2, -0.15) is 0 Å². The molecule has 110 valence electrons. The summed E-state index contributed by atoms with van der Waals surface area (Å²) >= 11 is 0. The predicted octanol–water partition coefficient (Wildman–Crippen LogP) is 0.459. The lowest BCUT2D eigenvalue weighted by atomic mass is 10.1. The number of amides is 3. The van der Waals surface area contributed by atoms with Crippen molar-refractivity contribution in [3.05, 3.63) is 0 Å². The highest BCUT2D eigenvalue weighted by Gasteiger charge is 2.25. The molecule has 1 rings (SSSR count). The van der Waals surface area contributed by atoms with Crippen LogP contribution in [0.25, 0.3) is 0 Å². The van der Waals surface area contributed by atoms with Crippen LogP contribution in [-0.2, 0) is 4.79 Å². The molecule has 1 heterocycles. The standard InChI is InChI=1S/C13H25N3O3/c1-2-7-14-13(19)15-12(18)10-16-8-3-5-11(16)6-4-9-17/h11,17H,2-10H2,1H3,(H2,14,15,18,19). The van der Waals surface area contributed by atoms with Gasteiger partial charge in [0.1, 0.15) is 0 Å². The van der Waals surface area contributed by atoms with Crippen LogP contribution in [0.5, 0.6) is 0 Å². The van der Waals surface area contributed by atoms with Gasteiger partial charge < -0.3 is 10.4 Å². The highest BCUT2D eigenvalue weighted by molar-refractivity contribution is 5.95. The van der Waals surface area contributed by atoms with Crippen molar-refractivity contribution in [1.29, 1.82) is 0 Å². The molecule has 6 nitrogen and oxygen atoms in total. The van der Waals surface area contributed by atoms with E-state index in [2.05, 4.69) is 15.5 Å². The average molecular weight is 271 g/mol. The van der Waals surface area contributed by atoms with Crippen LogP contribution in [0, 0.1) is 0 Å². The lowest BCUT2D eigenvalue weighted by Crippen LogP contribution is -2.45. The Bertz CT molecular complexity index is 297. The predicted molar refractivity (Wildman–Crippen MR) is 72.7 cm³/mol. The minimum atomic E-state index is -0.419. The van der Waals surface area contributed by atoms with E-state index in [1.807, 2.05) is 6.92 Å². The van der Waals surface area contributed by atoms with Crippen molar-refractivity contribution >= 4 is 11.9 Å². The first-order valence-electron chi connectivity index (χ1n) is 7.10. The summed E-state index contributed by atoms with van der Waals surface area (Å²) in [5.41, 5.74) is 0. The molecule has 0 bridgehead atoms. The van der Waals surface area contributed by atoms with Crippen LogP contribution in [0.2, 0.25) is 0 Å². The molecule has 6 heteroatoms. The summed E-state index contributed by atoms with van der Waals surface area (Å²) in [4.78, 5) is 25.2. The second-order valence-corrected chi connectivity index (χ2v) is 4.94. The summed E-state index contributed by atoms with van der Waals surface area (Å²) in [6.45, 7) is 3.87. The third-order valence-electron chi connectivity index (χ3n) is 3.33. The zero-order valence-electron chi connectivity index (χ0n) is 11.7. The van der Waals surface area contributed by atoms with Crippen molar-refractivity contribution in [3.63, 3.8) is 0 Å². The smallest absolute Gasteiger partial charge is 0.321 e. The molecule has 0 aromatic rings. The molecule has 1 aliphatic rings. The number of urea groups is 1. The van der Waals surface area contributed by atoms with Crippen LogP contribution in [0.3, 0.4) is 0 Å². The van der Waals surface area contributed by atoms with Gasteiger partial charge in [0.25, 0.3) is 0 Å². The quantitative estimate of drug-likeness (QED) is 0.628. The Hall–Kier alpha value is -1.14. The van der Waals surface area contributed by atoms with Crippen LogP contribution in [0.1, 0.15) is 39.0 Å². The van der Waals surface area contributed by atoms with Gasteiger partial charge >= 0.3 is 6.03 Å². The molecule has 0 radical (unpaired) electrons. The summed E-state index contributed by atoms with van der Waals surface area (Å²) in [6, 6.07) is -0.0606. The fourth-order valence-corrected chi connectivity index (χ4v) is 2.39.